The SMILES string of the molecule is CC(C)C(C)CNC(=O)CC(N)=NO. The Balaban J connectivity index is 3.75. The van der Waals surface area contributed by atoms with Crippen LogP contribution in [0.4, 0.5) is 0 Å². The van der Waals surface area contributed by atoms with Gasteiger partial charge in [0.1, 0.15) is 5.84 Å². The fraction of sp³-hybridized carbons (Fsp3) is 0.778. The van der Waals surface area contributed by atoms with Gasteiger partial charge in [0.05, 0.1) is 6.42 Å². The molecular weight excluding hydrogens is 182 g/mol. The van der Waals surface area contributed by atoms with Gasteiger partial charge in [-0.25, -0.2) is 0 Å². The van der Waals surface area contributed by atoms with Gasteiger partial charge >= 0.3 is 0 Å². The molecule has 0 aliphatic heterocycles. The Morgan fingerprint density at radius 1 is 1.50 bits per heavy atom. The molecule has 14 heavy (non-hydrogen) atoms. The molecule has 0 radical (unpaired) electrons. The van der Waals surface area contributed by atoms with Gasteiger partial charge in [-0.05, 0) is 11.8 Å². The van der Waals surface area contributed by atoms with Crippen LogP contribution >= 0.6 is 0 Å². The Morgan fingerprint density at radius 2 is 2.07 bits per heavy atom. The molecule has 0 saturated heterocycles. The molecule has 0 bridgehead atoms. The lowest BCUT2D eigenvalue weighted by atomic mass is 9.98. The molecule has 0 heterocycles. The predicted molar refractivity (Wildman–Crippen MR) is 55.0 cm³/mol. The Kier molecular flexibility index (Phi) is 5.67. The first kappa shape index (κ1) is 12.7. The first-order valence-corrected chi connectivity index (χ1v) is 4.70. The molecule has 0 aliphatic rings. The molecular formula is C9H19N3O2. The summed E-state index contributed by atoms with van der Waals surface area (Å²) in [6, 6.07) is 0. The number of nitrogens with zero attached hydrogens (tertiary/aromatic N) is 1. The van der Waals surface area contributed by atoms with Crippen LogP contribution in [0.5, 0.6) is 0 Å². The van der Waals surface area contributed by atoms with Crippen LogP contribution in [-0.2, 0) is 4.79 Å². The van der Waals surface area contributed by atoms with Gasteiger partial charge in [-0.2, -0.15) is 0 Å². The fourth-order valence-corrected chi connectivity index (χ4v) is 0.773. The van der Waals surface area contributed by atoms with Crippen molar-refractivity contribution in [1.82, 2.24) is 5.32 Å². The van der Waals surface area contributed by atoms with Gasteiger partial charge < -0.3 is 16.3 Å². The van der Waals surface area contributed by atoms with E-state index in [-0.39, 0.29) is 18.2 Å². The number of carbonyl (C=O) groups is 1. The first-order chi connectivity index (χ1) is 6.47. The van der Waals surface area contributed by atoms with E-state index in [0.717, 1.165) is 0 Å². The van der Waals surface area contributed by atoms with E-state index in [2.05, 4.69) is 31.2 Å². The molecule has 0 aromatic rings. The van der Waals surface area contributed by atoms with E-state index < -0.39 is 0 Å². The van der Waals surface area contributed by atoms with Crippen LogP contribution in [0.1, 0.15) is 27.2 Å². The summed E-state index contributed by atoms with van der Waals surface area (Å²) in [6.07, 6.45) is -0.0543. The summed E-state index contributed by atoms with van der Waals surface area (Å²) in [5.74, 6) is 0.665. The van der Waals surface area contributed by atoms with E-state index in [1.165, 1.54) is 0 Å². The Hall–Kier alpha value is -1.26. The summed E-state index contributed by atoms with van der Waals surface area (Å²) in [7, 11) is 0. The number of hydrogen-bond donors (Lipinski definition) is 3. The maximum absolute atomic E-state index is 11.2. The molecule has 82 valence electrons. The van der Waals surface area contributed by atoms with Crippen molar-refractivity contribution < 1.29 is 10.0 Å². The largest absolute Gasteiger partial charge is 0.409 e. The van der Waals surface area contributed by atoms with Crippen LogP contribution in [-0.4, -0.2) is 23.5 Å². The molecule has 0 rings (SSSR count). The fourth-order valence-electron chi connectivity index (χ4n) is 0.773. The minimum Gasteiger partial charge on any atom is -0.409 e. The van der Waals surface area contributed by atoms with Crippen molar-refractivity contribution in [2.24, 2.45) is 22.7 Å². The van der Waals surface area contributed by atoms with Crippen molar-refractivity contribution in [1.29, 1.82) is 0 Å². The monoisotopic (exact) mass is 201 g/mol. The molecule has 0 fully saturated rings. The minimum atomic E-state index is -0.215. The highest BCUT2D eigenvalue weighted by Crippen LogP contribution is 2.07. The maximum atomic E-state index is 11.2. The molecule has 1 amide bonds. The van der Waals surface area contributed by atoms with Crippen molar-refractivity contribution >= 4 is 11.7 Å². The van der Waals surface area contributed by atoms with Gasteiger partial charge in [0, 0.05) is 6.54 Å². The third-order valence-electron chi connectivity index (χ3n) is 2.23. The zero-order valence-corrected chi connectivity index (χ0v) is 8.95. The summed E-state index contributed by atoms with van der Waals surface area (Å²) in [5.41, 5.74) is 5.18. The third kappa shape index (κ3) is 5.40. The van der Waals surface area contributed by atoms with Crippen molar-refractivity contribution in [3.63, 3.8) is 0 Å². The van der Waals surface area contributed by atoms with Crippen LogP contribution in [0.3, 0.4) is 0 Å². The van der Waals surface area contributed by atoms with Crippen molar-refractivity contribution in [3.05, 3.63) is 0 Å². The minimum absolute atomic E-state index is 0.0543. The number of amides is 1. The van der Waals surface area contributed by atoms with Crippen LogP contribution in [0.25, 0.3) is 0 Å². The zero-order valence-electron chi connectivity index (χ0n) is 8.95. The van der Waals surface area contributed by atoms with Gasteiger partial charge in [0.15, 0.2) is 0 Å². The zero-order chi connectivity index (χ0) is 11.1. The molecule has 0 saturated carbocycles. The van der Waals surface area contributed by atoms with Gasteiger partial charge in [0.25, 0.3) is 0 Å². The van der Waals surface area contributed by atoms with Crippen molar-refractivity contribution in [2.45, 2.75) is 27.2 Å². The van der Waals surface area contributed by atoms with Crippen molar-refractivity contribution in [3.8, 4) is 0 Å². The van der Waals surface area contributed by atoms with E-state index in [9.17, 15) is 4.79 Å². The first-order valence-electron chi connectivity index (χ1n) is 4.70. The Labute approximate surface area is 84.4 Å². The Morgan fingerprint density at radius 3 is 2.50 bits per heavy atom. The highest BCUT2D eigenvalue weighted by atomic mass is 16.4. The number of carbonyl (C=O) groups excluding carboxylic acids is 1. The van der Waals surface area contributed by atoms with Crippen molar-refractivity contribution in [2.75, 3.05) is 6.54 Å². The second-order valence-corrected chi connectivity index (χ2v) is 3.79. The lowest BCUT2D eigenvalue weighted by molar-refractivity contribution is -0.120. The summed E-state index contributed by atoms with van der Waals surface area (Å²) < 4.78 is 0. The summed E-state index contributed by atoms with van der Waals surface area (Å²) in [4.78, 5) is 11.2. The molecule has 0 aliphatic carbocycles. The van der Waals surface area contributed by atoms with Gasteiger partial charge in [0.2, 0.25) is 5.91 Å². The Bertz CT molecular complexity index is 214. The number of oxime groups is 1. The molecule has 0 aromatic heterocycles. The van der Waals surface area contributed by atoms with Crippen LogP contribution in [0, 0.1) is 11.8 Å². The number of rotatable bonds is 5. The van der Waals surface area contributed by atoms with Crippen LogP contribution in [0.2, 0.25) is 0 Å². The number of nitrogens with two attached hydrogens (primary N) is 1. The average molecular weight is 201 g/mol. The molecule has 1 unspecified atom stereocenters. The van der Waals surface area contributed by atoms with E-state index >= 15 is 0 Å². The summed E-state index contributed by atoms with van der Waals surface area (Å²) >= 11 is 0. The molecule has 0 aromatic carbocycles. The van der Waals surface area contributed by atoms with E-state index in [1.54, 1.807) is 0 Å². The second-order valence-electron chi connectivity index (χ2n) is 3.79. The summed E-state index contributed by atoms with van der Waals surface area (Å²) in [6.45, 7) is 6.88. The second kappa shape index (κ2) is 6.23. The third-order valence-corrected chi connectivity index (χ3v) is 2.23. The molecule has 5 heteroatoms. The quantitative estimate of drug-likeness (QED) is 0.262. The molecule has 1 atom stereocenters. The molecule has 5 nitrogen and oxygen atoms in total. The highest BCUT2D eigenvalue weighted by Gasteiger charge is 2.09. The van der Waals surface area contributed by atoms with Gasteiger partial charge in [-0.1, -0.05) is 25.9 Å². The van der Waals surface area contributed by atoms with Gasteiger partial charge in [-0.3, -0.25) is 4.79 Å². The molecule has 4 N–H and O–H groups in total. The van der Waals surface area contributed by atoms with E-state index in [0.29, 0.717) is 18.4 Å². The van der Waals surface area contributed by atoms with Gasteiger partial charge in [-0.15, -0.1) is 0 Å². The van der Waals surface area contributed by atoms with Crippen LogP contribution < -0.4 is 11.1 Å². The smallest absolute Gasteiger partial charge is 0.227 e. The highest BCUT2D eigenvalue weighted by molar-refractivity contribution is 5.98. The lowest BCUT2D eigenvalue weighted by Crippen LogP contribution is -2.33. The average Bonchev–Trinajstić information content (AvgIpc) is 2.13. The van der Waals surface area contributed by atoms with Crippen LogP contribution in [0.15, 0.2) is 5.16 Å². The standard InChI is InChI=1S/C9H19N3O2/c1-6(2)7(3)5-11-9(13)4-8(10)12-14/h6-7,14H,4-5H2,1-3H3,(H2,10,12)(H,11,13). The topological polar surface area (TPSA) is 87.7 Å². The molecule has 0 spiro atoms. The normalized spacial score (nSPS) is 14.1. The number of nitrogens with one attached hydrogen (secondary N) is 1. The maximum Gasteiger partial charge on any atom is 0.227 e. The number of amidine groups is 1. The van der Waals surface area contributed by atoms with E-state index in [4.69, 9.17) is 10.9 Å². The predicted octanol–water partition coefficient (Wildman–Crippen LogP) is 0.531. The lowest BCUT2D eigenvalue weighted by Gasteiger charge is -2.15. The number of hydrogen-bond acceptors (Lipinski definition) is 3. The van der Waals surface area contributed by atoms with E-state index in [1.807, 2.05) is 0 Å². The summed E-state index contributed by atoms with van der Waals surface area (Å²) in [5, 5.41) is 13.7.